The Morgan fingerprint density at radius 2 is 1.59 bits per heavy atom. The Bertz CT molecular complexity index is 1120. The van der Waals surface area contributed by atoms with Crippen molar-refractivity contribution in [2.24, 2.45) is 11.7 Å². The third-order valence-electron chi connectivity index (χ3n) is 6.10. The van der Waals surface area contributed by atoms with E-state index < -0.39 is 24.1 Å². The van der Waals surface area contributed by atoms with E-state index in [0.717, 1.165) is 25.3 Å². The number of aliphatic hydroxyl groups excluding tert-OH is 1. The lowest BCUT2D eigenvalue weighted by Gasteiger charge is -2.31. The first-order chi connectivity index (χ1) is 21.8. The van der Waals surface area contributed by atoms with Gasteiger partial charge in [0.1, 0.15) is 6.79 Å². The first-order valence-corrected chi connectivity index (χ1v) is 15.0. The molecule has 1 amide bonds. The predicted octanol–water partition coefficient (Wildman–Crippen LogP) is 6.20. The number of esters is 1. The number of aliphatic hydroxyl groups is 1. The van der Waals surface area contributed by atoms with E-state index in [2.05, 4.69) is 42.1 Å². The summed E-state index contributed by atoms with van der Waals surface area (Å²) in [6.45, 7) is 16.2. The Morgan fingerprint density at radius 3 is 2.04 bits per heavy atom. The second-order valence-corrected chi connectivity index (χ2v) is 8.80. The van der Waals surface area contributed by atoms with Gasteiger partial charge in [-0.2, -0.15) is 0 Å². The molecular weight excluding hydrogens is 582 g/mol. The lowest BCUT2D eigenvalue weighted by molar-refractivity contribution is -0.167. The summed E-state index contributed by atoms with van der Waals surface area (Å²) in [7, 11) is 0. The molecule has 3 N–H and O–H groups in total. The fourth-order valence-electron chi connectivity index (χ4n) is 4.15. The smallest absolute Gasteiger partial charge is 0.303 e. The molecule has 4 atom stereocenters. The van der Waals surface area contributed by atoms with Crippen molar-refractivity contribution in [2.75, 3.05) is 6.54 Å². The zero-order valence-corrected chi connectivity index (χ0v) is 28.0. The van der Waals surface area contributed by atoms with Gasteiger partial charge in [0.05, 0.1) is 0 Å². The largest absolute Gasteiger partial charge is 0.449 e. The summed E-state index contributed by atoms with van der Waals surface area (Å²) in [6, 6.07) is 12.2. The van der Waals surface area contributed by atoms with Crippen LogP contribution in [0.4, 0.5) is 0 Å². The number of allylic oxidation sites excluding steroid dienone is 3. The van der Waals surface area contributed by atoms with Crippen LogP contribution in [-0.2, 0) is 30.5 Å². The van der Waals surface area contributed by atoms with Gasteiger partial charge in [-0.05, 0) is 54.5 Å². The van der Waals surface area contributed by atoms with E-state index in [0.29, 0.717) is 13.1 Å². The number of aldehydes is 1. The minimum atomic E-state index is -1.65. The summed E-state index contributed by atoms with van der Waals surface area (Å²) in [4.78, 5) is 48.2. The Hall–Kier alpha value is -4.39. The number of ether oxygens (including phenoxy) is 1. The van der Waals surface area contributed by atoms with Crippen LogP contribution in [-0.4, -0.2) is 64.7 Å². The van der Waals surface area contributed by atoms with Crippen LogP contribution in [0, 0.1) is 18.8 Å². The summed E-state index contributed by atoms with van der Waals surface area (Å²) in [5.74, 6) is -1.11. The molecule has 0 saturated carbocycles. The van der Waals surface area contributed by atoms with Crippen molar-refractivity contribution in [1.29, 1.82) is 0 Å². The monoisotopic (exact) mass is 639 g/mol. The lowest BCUT2D eigenvalue weighted by atomic mass is 9.98. The molecule has 256 valence electrons. The second-order valence-electron chi connectivity index (χ2n) is 8.80. The number of rotatable bonds is 9. The molecule has 1 aliphatic rings. The molecule has 0 spiro atoms. The number of hydrogen-bond donors (Lipinski definition) is 2. The third kappa shape index (κ3) is 18.4. The van der Waals surface area contributed by atoms with E-state index in [-0.39, 0.29) is 25.7 Å². The molecule has 9 heteroatoms. The molecule has 0 radical (unpaired) electrons. The highest BCUT2D eigenvalue weighted by atomic mass is 16.6. The van der Waals surface area contributed by atoms with Gasteiger partial charge in [-0.1, -0.05) is 90.6 Å². The number of aromatic nitrogens is 1. The maximum absolute atomic E-state index is 12.6. The molecule has 3 rings (SSSR count). The normalized spacial score (nSPS) is 14.6. The maximum Gasteiger partial charge on any atom is 0.303 e. The van der Waals surface area contributed by atoms with Gasteiger partial charge in [0, 0.05) is 38.4 Å². The van der Waals surface area contributed by atoms with Gasteiger partial charge >= 0.3 is 5.97 Å². The highest BCUT2D eigenvalue weighted by Crippen LogP contribution is 2.26. The fraction of sp³-hybridized carbons (Fsp3) is 0.432. The number of carbonyl (C=O) groups excluding carboxylic acids is 4. The number of terminal acetylenes is 1. The van der Waals surface area contributed by atoms with Crippen molar-refractivity contribution in [3.8, 4) is 24.0 Å². The van der Waals surface area contributed by atoms with E-state index in [1.807, 2.05) is 84.8 Å². The van der Waals surface area contributed by atoms with E-state index >= 15 is 0 Å². The van der Waals surface area contributed by atoms with Crippen LogP contribution >= 0.6 is 0 Å². The number of carbonyl (C=O) groups is 4. The van der Waals surface area contributed by atoms with Crippen molar-refractivity contribution in [3.63, 3.8) is 0 Å². The van der Waals surface area contributed by atoms with Crippen molar-refractivity contribution in [1.82, 2.24) is 9.88 Å². The van der Waals surface area contributed by atoms with Crippen LogP contribution in [0.1, 0.15) is 74.3 Å². The van der Waals surface area contributed by atoms with E-state index in [9.17, 15) is 19.5 Å². The number of amides is 1. The lowest BCUT2D eigenvalue weighted by Crippen LogP contribution is -2.50. The minimum Gasteiger partial charge on any atom is -0.449 e. The second kappa shape index (κ2) is 32.0. The molecular formula is C37H57N3O6. The Morgan fingerprint density at radius 1 is 1.07 bits per heavy atom. The fourth-order valence-corrected chi connectivity index (χ4v) is 4.15. The number of hydrogen-bond acceptors (Lipinski definition) is 8. The van der Waals surface area contributed by atoms with Crippen molar-refractivity contribution in [3.05, 3.63) is 78.7 Å². The summed E-state index contributed by atoms with van der Waals surface area (Å²) < 4.78 is 4.86. The Kier molecular flexibility index (Phi) is 33.8. The minimum absolute atomic E-state index is 0. The van der Waals surface area contributed by atoms with E-state index in [1.54, 1.807) is 17.3 Å². The first-order valence-electron chi connectivity index (χ1n) is 15.0. The van der Waals surface area contributed by atoms with Gasteiger partial charge in [0.2, 0.25) is 6.10 Å². The topological polar surface area (TPSA) is 140 Å². The van der Waals surface area contributed by atoms with Gasteiger partial charge in [-0.3, -0.25) is 14.6 Å². The third-order valence-corrected chi connectivity index (χ3v) is 6.10. The van der Waals surface area contributed by atoms with E-state index in [4.69, 9.17) is 15.3 Å². The molecule has 2 unspecified atom stereocenters. The van der Waals surface area contributed by atoms with Crippen LogP contribution in [0.15, 0.2) is 73.1 Å². The number of likely N-dealkylation sites (tertiary alicyclic amines) is 1. The average molecular weight is 640 g/mol. The van der Waals surface area contributed by atoms with Gasteiger partial charge in [-0.15, -0.1) is 12.8 Å². The van der Waals surface area contributed by atoms with Crippen molar-refractivity contribution in [2.45, 2.75) is 93.5 Å². The quantitative estimate of drug-likeness (QED) is 0.143. The van der Waals surface area contributed by atoms with Crippen molar-refractivity contribution >= 4 is 25.0 Å². The molecule has 1 aromatic carbocycles. The summed E-state index contributed by atoms with van der Waals surface area (Å²) in [6.07, 6.45) is 18.1. The summed E-state index contributed by atoms with van der Waals surface area (Å²) >= 11 is 0. The molecule has 46 heavy (non-hydrogen) atoms. The molecule has 0 bridgehead atoms. The number of benzene rings is 1. The molecule has 0 aliphatic carbocycles. The number of pyridine rings is 1. The molecule has 1 aromatic heterocycles. The first kappa shape index (κ1) is 48.5. The van der Waals surface area contributed by atoms with Crippen LogP contribution in [0.5, 0.6) is 0 Å². The molecule has 2 heterocycles. The van der Waals surface area contributed by atoms with Crippen LogP contribution in [0.2, 0.25) is 0 Å². The summed E-state index contributed by atoms with van der Waals surface area (Å²) in [5, 5.41) is 9.68. The van der Waals surface area contributed by atoms with Gasteiger partial charge in [0.25, 0.3) is 5.91 Å². The average Bonchev–Trinajstić information content (AvgIpc) is 3.61. The SMILES string of the molecule is C.C#C.C/C=C\C=C/C(C)C1CCCN1C(=O)[C@H](OC(C)=O)[C@@H](O)C=O.C=O.CC.CC.NCc1ccc(-c2ccncc2)cc1. The molecule has 2 aromatic rings. The zero-order valence-electron chi connectivity index (χ0n) is 28.0. The van der Waals surface area contributed by atoms with Crippen LogP contribution in [0.25, 0.3) is 11.1 Å². The Labute approximate surface area is 277 Å². The van der Waals surface area contributed by atoms with Gasteiger partial charge in [0.15, 0.2) is 12.4 Å². The molecule has 1 saturated heterocycles. The number of nitrogens with zero attached hydrogens (tertiary/aromatic N) is 2. The Balaban J connectivity index is -0.000000328. The highest BCUT2D eigenvalue weighted by Gasteiger charge is 2.39. The summed E-state index contributed by atoms with van der Waals surface area (Å²) in [5.41, 5.74) is 9.07. The predicted molar refractivity (Wildman–Crippen MR) is 189 cm³/mol. The highest BCUT2D eigenvalue weighted by molar-refractivity contribution is 5.87. The molecule has 9 nitrogen and oxygen atoms in total. The number of nitrogens with two attached hydrogens (primary N) is 1. The molecule has 1 aliphatic heterocycles. The zero-order chi connectivity index (χ0) is 35.2. The van der Waals surface area contributed by atoms with Crippen LogP contribution in [0.3, 0.4) is 0 Å². The van der Waals surface area contributed by atoms with Crippen molar-refractivity contribution < 1.29 is 29.0 Å². The van der Waals surface area contributed by atoms with Gasteiger partial charge in [-0.25, -0.2) is 0 Å². The standard InChI is InChI=1S/C17H25NO5.C12H12N2.2C2H6.C2H2.CH2O.CH4/c1-4-5-6-8-12(2)14-9-7-10-18(14)17(22)16(15(21)11-19)23-13(3)20;13-9-10-1-3-11(4-2-10)12-5-7-14-8-6-12;4*1-2;/h4-6,8,11-12,14-16,21H,7,9-10H2,1-3H3;1-8H,9,13H2;2*1-2H3;1-2H;1H2;1H4/b5-4-,8-6-;;;;;;/t12?,14?,15-,16+;;;;;;/m0....../s1. The van der Waals surface area contributed by atoms with E-state index in [1.165, 1.54) is 11.1 Å². The van der Waals surface area contributed by atoms with Crippen LogP contribution < -0.4 is 5.73 Å². The molecule has 1 fully saturated rings. The van der Waals surface area contributed by atoms with Gasteiger partial charge < -0.3 is 30.1 Å². The maximum atomic E-state index is 12.6.